The number of carbonyl (C=O) groups excluding carboxylic acids is 1. The van der Waals surface area contributed by atoms with Gasteiger partial charge in [-0.25, -0.2) is 0 Å². The van der Waals surface area contributed by atoms with Crippen LogP contribution in [0.25, 0.3) is 0 Å². The first-order valence-electron chi connectivity index (χ1n) is 8.02. The van der Waals surface area contributed by atoms with Gasteiger partial charge in [0.2, 0.25) is 0 Å². The molecule has 2 aromatic rings. The zero-order valence-electron chi connectivity index (χ0n) is 14.6. The topological polar surface area (TPSA) is 74.1 Å². The van der Waals surface area contributed by atoms with Crippen LogP contribution in [0.5, 0.6) is 5.75 Å². The molecule has 2 rings (SSSR count). The number of anilines is 2. The minimum Gasteiger partial charge on any atom is -0.494 e. The van der Waals surface area contributed by atoms with Crippen LogP contribution in [0.4, 0.5) is 11.4 Å². The molecule has 2 N–H and O–H groups in total. The molecular formula is C20H21N3O2. The van der Waals surface area contributed by atoms with Crippen molar-refractivity contribution in [3.8, 4) is 11.8 Å². The van der Waals surface area contributed by atoms with Gasteiger partial charge in [-0.1, -0.05) is 12.1 Å². The van der Waals surface area contributed by atoms with E-state index in [0.29, 0.717) is 12.3 Å². The highest BCUT2D eigenvalue weighted by atomic mass is 16.5. The van der Waals surface area contributed by atoms with Crippen molar-refractivity contribution in [3.05, 3.63) is 65.4 Å². The molecule has 1 amide bonds. The molecule has 0 saturated carbocycles. The summed E-state index contributed by atoms with van der Waals surface area (Å²) >= 11 is 0. The van der Waals surface area contributed by atoms with Crippen molar-refractivity contribution in [3.63, 3.8) is 0 Å². The lowest BCUT2D eigenvalue weighted by atomic mass is 10.1. The smallest absolute Gasteiger partial charge is 0.267 e. The molecule has 25 heavy (non-hydrogen) atoms. The standard InChI is InChI=1S/C20H21N3O2/c1-4-25-18-10-8-17(9-11-18)23-20(24)16(12-21)13-22-19-7-5-6-14(2)15(19)3/h5-11,13,22H,4H2,1-3H3,(H,23,24)/b16-13-. The van der Waals surface area contributed by atoms with E-state index in [-0.39, 0.29) is 5.57 Å². The fraction of sp³-hybridized carbons (Fsp3) is 0.200. The summed E-state index contributed by atoms with van der Waals surface area (Å²) in [6.07, 6.45) is 1.42. The van der Waals surface area contributed by atoms with Gasteiger partial charge in [-0.15, -0.1) is 0 Å². The number of ether oxygens (including phenoxy) is 1. The molecule has 0 aliphatic rings. The van der Waals surface area contributed by atoms with Crippen molar-refractivity contribution in [2.45, 2.75) is 20.8 Å². The van der Waals surface area contributed by atoms with Gasteiger partial charge in [-0.2, -0.15) is 5.26 Å². The van der Waals surface area contributed by atoms with Crippen LogP contribution in [0.2, 0.25) is 0 Å². The summed E-state index contributed by atoms with van der Waals surface area (Å²) in [4.78, 5) is 12.3. The number of rotatable bonds is 6. The summed E-state index contributed by atoms with van der Waals surface area (Å²) in [6, 6.07) is 14.7. The number of nitrogens with zero attached hydrogens (tertiary/aromatic N) is 1. The van der Waals surface area contributed by atoms with Crippen molar-refractivity contribution in [1.82, 2.24) is 0 Å². The van der Waals surface area contributed by atoms with E-state index in [0.717, 1.165) is 22.6 Å². The van der Waals surface area contributed by atoms with E-state index in [9.17, 15) is 10.1 Å². The van der Waals surface area contributed by atoms with Gasteiger partial charge in [0.25, 0.3) is 5.91 Å². The third kappa shape index (κ3) is 4.85. The summed E-state index contributed by atoms with van der Waals surface area (Å²) in [7, 11) is 0. The van der Waals surface area contributed by atoms with Gasteiger partial charge < -0.3 is 15.4 Å². The maximum absolute atomic E-state index is 12.3. The van der Waals surface area contributed by atoms with Crippen LogP contribution in [0.15, 0.2) is 54.2 Å². The zero-order chi connectivity index (χ0) is 18.2. The third-order valence-corrected chi connectivity index (χ3v) is 3.76. The maximum atomic E-state index is 12.3. The van der Waals surface area contributed by atoms with Crippen molar-refractivity contribution < 1.29 is 9.53 Å². The van der Waals surface area contributed by atoms with Gasteiger partial charge in [0.05, 0.1) is 6.61 Å². The molecule has 0 aliphatic heterocycles. The van der Waals surface area contributed by atoms with Gasteiger partial charge in [-0.05, 0) is 62.2 Å². The lowest BCUT2D eigenvalue weighted by molar-refractivity contribution is -0.112. The van der Waals surface area contributed by atoms with Crippen molar-refractivity contribution in [2.24, 2.45) is 0 Å². The fourth-order valence-electron chi connectivity index (χ4n) is 2.21. The first-order chi connectivity index (χ1) is 12.0. The molecule has 0 atom stereocenters. The number of nitrogens with one attached hydrogen (secondary N) is 2. The summed E-state index contributed by atoms with van der Waals surface area (Å²) in [5, 5.41) is 15.0. The van der Waals surface area contributed by atoms with E-state index in [1.807, 2.05) is 45.0 Å². The van der Waals surface area contributed by atoms with E-state index in [4.69, 9.17) is 4.74 Å². The molecule has 0 heterocycles. The number of carbonyl (C=O) groups is 1. The Morgan fingerprint density at radius 1 is 1.20 bits per heavy atom. The molecule has 0 unspecified atom stereocenters. The van der Waals surface area contributed by atoms with Crippen LogP contribution in [0, 0.1) is 25.2 Å². The van der Waals surface area contributed by atoms with E-state index in [2.05, 4.69) is 10.6 Å². The number of nitriles is 1. The van der Waals surface area contributed by atoms with Gasteiger partial charge in [-0.3, -0.25) is 4.79 Å². The third-order valence-electron chi connectivity index (χ3n) is 3.76. The Morgan fingerprint density at radius 3 is 2.56 bits per heavy atom. The minimum absolute atomic E-state index is 0.00482. The Labute approximate surface area is 147 Å². The quantitative estimate of drug-likeness (QED) is 0.614. The molecule has 0 spiro atoms. The Balaban J connectivity index is 2.07. The molecule has 0 bridgehead atoms. The van der Waals surface area contributed by atoms with Crippen molar-refractivity contribution in [2.75, 3.05) is 17.2 Å². The van der Waals surface area contributed by atoms with Crippen LogP contribution in [0.1, 0.15) is 18.1 Å². The lowest BCUT2D eigenvalue weighted by Crippen LogP contribution is -2.14. The Bertz CT molecular complexity index is 818. The van der Waals surface area contributed by atoms with E-state index in [1.165, 1.54) is 6.20 Å². The lowest BCUT2D eigenvalue weighted by Gasteiger charge is -2.09. The van der Waals surface area contributed by atoms with Crippen LogP contribution in [-0.4, -0.2) is 12.5 Å². The van der Waals surface area contributed by atoms with Gasteiger partial charge in [0.15, 0.2) is 0 Å². The van der Waals surface area contributed by atoms with Crippen LogP contribution < -0.4 is 15.4 Å². The molecule has 0 saturated heterocycles. The first kappa shape index (κ1) is 18.1. The molecule has 0 aliphatic carbocycles. The molecular weight excluding hydrogens is 314 g/mol. The largest absolute Gasteiger partial charge is 0.494 e. The van der Waals surface area contributed by atoms with E-state index in [1.54, 1.807) is 24.3 Å². The van der Waals surface area contributed by atoms with Crippen LogP contribution >= 0.6 is 0 Å². The molecule has 2 aromatic carbocycles. The van der Waals surface area contributed by atoms with Gasteiger partial charge in [0, 0.05) is 17.6 Å². The Hall–Kier alpha value is -3.26. The van der Waals surface area contributed by atoms with E-state index < -0.39 is 5.91 Å². The highest BCUT2D eigenvalue weighted by Crippen LogP contribution is 2.19. The molecule has 5 nitrogen and oxygen atoms in total. The minimum atomic E-state index is -0.468. The predicted octanol–water partition coefficient (Wildman–Crippen LogP) is 4.16. The summed E-state index contributed by atoms with van der Waals surface area (Å²) in [6.45, 7) is 6.48. The molecule has 5 heteroatoms. The normalized spacial score (nSPS) is 10.7. The van der Waals surface area contributed by atoms with Crippen molar-refractivity contribution >= 4 is 17.3 Å². The number of hydrogen-bond donors (Lipinski definition) is 2. The highest BCUT2D eigenvalue weighted by molar-refractivity contribution is 6.06. The second kappa shape index (κ2) is 8.55. The van der Waals surface area contributed by atoms with Gasteiger partial charge >= 0.3 is 0 Å². The molecule has 128 valence electrons. The second-order valence-electron chi connectivity index (χ2n) is 5.47. The zero-order valence-corrected chi connectivity index (χ0v) is 14.6. The van der Waals surface area contributed by atoms with Gasteiger partial charge in [0.1, 0.15) is 17.4 Å². The molecule has 0 radical (unpaired) electrons. The number of amides is 1. The summed E-state index contributed by atoms with van der Waals surface area (Å²) in [5.74, 6) is 0.262. The number of hydrogen-bond acceptors (Lipinski definition) is 4. The van der Waals surface area contributed by atoms with Crippen LogP contribution in [0.3, 0.4) is 0 Å². The monoisotopic (exact) mass is 335 g/mol. The number of aryl methyl sites for hydroxylation is 1. The maximum Gasteiger partial charge on any atom is 0.267 e. The van der Waals surface area contributed by atoms with Crippen LogP contribution in [-0.2, 0) is 4.79 Å². The SMILES string of the molecule is CCOc1ccc(NC(=O)/C(C#N)=C\Nc2cccc(C)c2C)cc1. The molecule has 0 fully saturated rings. The Kier molecular flexibility index (Phi) is 6.19. The van der Waals surface area contributed by atoms with Crippen molar-refractivity contribution in [1.29, 1.82) is 5.26 Å². The first-order valence-corrected chi connectivity index (χ1v) is 8.02. The summed E-state index contributed by atoms with van der Waals surface area (Å²) < 4.78 is 5.36. The second-order valence-corrected chi connectivity index (χ2v) is 5.47. The summed E-state index contributed by atoms with van der Waals surface area (Å²) in [5.41, 5.74) is 3.66. The predicted molar refractivity (Wildman–Crippen MR) is 99.5 cm³/mol. The average molecular weight is 335 g/mol. The number of benzene rings is 2. The van der Waals surface area contributed by atoms with E-state index >= 15 is 0 Å². The highest BCUT2D eigenvalue weighted by Gasteiger charge is 2.10. The fourth-order valence-corrected chi connectivity index (χ4v) is 2.21. The molecule has 0 aromatic heterocycles. The average Bonchev–Trinajstić information content (AvgIpc) is 2.61. The Morgan fingerprint density at radius 2 is 1.92 bits per heavy atom.